The van der Waals surface area contributed by atoms with Crippen LogP contribution in [0, 0.1) is 0 Å². The van der Waals surface area contributed by atoms with Gasteiger partial charge in [0.15, 0.2) is 0 Å². The van der Waals surface area contributed by atoms with Crippen molar-refractivity contribution >= 4 is 23.2 Å². The molecule has 2 aromatic carbocycles. The molecule has 2 aromatic rings. The number of benzene rings is 2. The number of rotatable bonds is 8. The van der Waals surface area contributed by atoms with Gasteiger partial charge in [-0.05, 0) is 61.4 Å². The molecule has 0 aromatic heterocycles. The summed E-state index contributed by atoms with van der Waals surface area (Å²) in [6.45, 7) is 1.23. The summed E-state index contributed by atoms with van der Waals surface area (Å²) in [5.41, 5.74) is 1.61. The summed E-state index contributed by atoms with van der Waals surface area (Å²) < 4.78 is 10.7. The van der Waals surface area contributed by atoms with Crippen LogP contribution in [0.5, 0.6) is 11.5 Å². The van der Waals surface area contributed by atoms with Gasteiger partial charge in [0.1, 0.15) is 11.5 Å². The van der Waals surface area contributed by atoms with Crippen LogP contribution in [0.25, 0.3) is 0 Å². The smallest absolute Gasteiger partial charge is 0.227 e. The molecule has 6 heteroatoms. The summed E-state index contributed by atoms with van der Waals surface area (Å²) in [7, 11) is 1.62. The van der Waals surface area contributed by atoms with Gasteiger partial charge in [-0.3, -0.25) is 9.59 Å². The third-order valence-electron chi connectivity index (χ3n) is 4.41. The number of methoxy groups -OCH3 is 1. The van der Waals surface area contributed by atoms with Gasteiger partial charge in [-0.15, -0.1) is 0 Å². The molecule has 0 spiro atoms. The molecule has 0 atom stereocenters. The van der Waals surface area contributed by atoms with E-state index in [9.17, 15) is 9.59 Å². The molecule has 0 saturated carbocycles. The fourth-order valence-electron chi connectivity index (χ4n) is 2.96. The van der Waals surface area contributed by atoms with E-state index in [4.69, 9.17) is 9.47 Å². The lowest BCUT2D eigenvalue weighted by Crippen LogP contribution is -2.23. The van der Waals surface area contributed by atoms with Crippen molar-refractivity contribution in [2.75, 3.05) is 30.5 Å². The molecule has 142 valence electrons. The van der Waals surface area contributed by atoms with Crippen molar-refractivity contribution in [3.8, 4) is 11.5 Å². The second-order valence-corrected chi connectivity index (χ2v) is 6.37. The molecule has 0 aliphatic carbocycles. The number of nitrogens with zero attached hydrogens (tertiary/aromatic N) is 1. The van der Waals surface area contributed by atoms with Gasteiger partial charge in [0.2, 0.25) is 11.8 Å². The Balaban J connectivity index is 1.39. The minimum absolute atomic E-state index is 0.0571. The zero-order valence-electron chi connectivity index (χ0n) is 15.4. The van der Waals surface area contributed by atoms with Crippen molar-refractivity contribution in [2.45, 2.75) is 25.7 Å². The summed E-state index contributed by atoms with van der Waals surface area (Å²) in [6, 6.07) is 14.7. The minimum Gasteiger partial charge on any atom is -0.497 e. The highest BCUT2D eigenvalue weighted by Gasteiger charge is 2.21. The number of amides is 2. The Kier molecular flexibility index (Phi) is 6.30. The van der Waals surface area contributed by atoms with E-state index in [1.165, 1.54) is 0 Å². The van der Waals surface area contributed by atoms with E-state index >= 15 is 0 Å². The van der Waals surface area contributed by atoms with Crippen molar-refractivity contribution < 1.29 is 19.1 Å². The maximum atomic E-state index is 12.1. The highest BCUT2D eigenvalue weighted by atomic mass is 16.5. The van der Waals surface area contributed by atoms with Gasteiger partial charge >= 0.3 is 0 Å². The van der Waals surface area contributed by atoms with E-state index in [-0.39, 0.29) is 11.8 Å². The standard InChI is InChI=1S/C21H24N2O4/c1-26-18-10-12-19(13-11-18)27-15-3-4-20(24)22-16-6-8-17(9-7-16)23-14-2-5-21(23)25/h6-13H,2-5,14-15H2,1H3,(H,22,24). The number of nitrogens with one attached hydrogen (secondary N) is 1. The van der Waals surface area contributed by atoms with Crippen LogP contribution >= 0.6 is 0 Å². The molecule has 1 fully saturated rings. The van der Waals surface area contributed by atoms with E-state index in [1.807, 2.05) is 48.5 Å². The van der Waals surface area contributed by atoms with Crippen LogP contribution in [-0.4, -0.2) is 32.1 Å². The van der Waals surface area contributed by atoms with Crippen LogP contribution < -0.4 is 19.7 Å². The van der Waals surface area contributed by atoms with Crippen molar-refractivity contribution in [2.24, 2.45) is 0 Å². The summed E-state index contributed by atoms with van der Waals surface area (Å²) in [5, 5.41) is 2.87. The van der Waals surface area contributed by atoms with E-state index in [0.29, 0.717) is 25.9 Å². The number of anilines is 2. The van der Waals surface area contributed by atoms with Crippen LogP contribution in [0.4, 0.5) is 11.4 Å². The number of carbonyl (C=O) groups is 2. The van der Waals surface area contributed by atoms with Gasteiger partial charge < -0.3 is 19.7 Å². The van der Waals surface area contributed by atoms with Crippen LogP contribution in [0.1, 0.15) is 25.7 Å². The average Bonchev–Trinajstić information content (AvgIpc) is 3.12. The number of ether oxygens (including phenoxy) is 2. The summed E-state index contributed by atoms with van der Waals surface area (Å²) in [6.07, 6.45) is 2.51. The molecule has 1 N–H and O–H groups in total. The lowest BCUT2D eigenvalue weighted by Gasteiger charge is -2.16. The van der Waals surface area contributed by atoms with E-state index in [2.05, 4.69) is 5.32 Å². The van der Waals surface area contributed by atoms with Gasteiger partial charge in [-0.2, -0.15) is 0 Å². The number of hydrogen-bond donors (Lipinski definition) is 1. The summed E-state index contributed by atoms with van der Waals surface area (Å²) in [5.74, 6) is 1.63. The predicted molar refractivity (Wildman–Crippen MR) is 104 cm³/mol. The SMILES string of the molecule is COc1ccc(OCCCC(=O)Nc2ccc(N3CCCC3=O)cc2)cc1. The first-order chi connectivity index (χ1) is 13.2. The van der Waals surface area contributed by atoms with Gasteiger partial charge in [-0.25, -0.2) is 0 Å². The van der Waals surface area contributed by atoms with Crippen molar-refractivity contribution in [3.63, 3.8) is 0 Å². The molecule has 1 aliphatic rings. The molecule has 6 nitrogen and oxygen atoms in total. The summed E-state index contributed by atoms with van der Waals surface area (Å²) in [4.78, 5) is 25.6. The minimum atomic E-state index is -0.0571. The molecule has 1 saturated heterocycles. The van der Waals surface area contributed by atoms with Gasteiger partial charge in [-0.1, -0.05) is 0 Å². The Hall–Kier alpha value is -3.02. The Morgan fingerprint density at radius 3 is 2.41 bits per heavy atom. The normalized spacial score (nSPS) is 13.5. The topological polar surface area (TPSA) is 67.9 Å². The zero-order valence-corrected chi connectivity index (χ0v) is 15.4. The zero-order chi connectivity index (χ0) is 19.1. The fraction of sp³-hybridized carbons (Fsp3) is 0.333. The molecule has 1 heterocycles. The molecular weight excluding hydrogens is 344 g/mol. The molecule has 0 unspecified atom stereocenters. The molecular formula is C21H24N2O4. The van der Waals surface area contributed by atoms with Crippen LogP contribution in [0.15, 0.2) is 48.5 Å². The molecule has 0 bridgehead atoms. The Morgan fingerprint density at radius 1 is 1.07 bits per heavy atom. The van der Waals surface area contributed by atoms with Crippen LogP contribution in [-0.2, 0) is 9.59 Å². The van der Waals surface area contributed by atoms with Gasteiger partial charge in [0.05, 0.1) is 13.7 Å². The number of carbonyl (C=O) groups excluding carboxylic acids is 2. The van der Waals surface area contributed by atoms with E-state index in [0.717, 1.165) is 35.8 Å². The molecule has 3 rings (SSSR count). The largest absolute Gasteiger partial charge is 0.497 e. The number of hydrogen-bond acceptors (Lipinski definition) is 4. The molecule has 0 radical (unpaired) electrons. The predicted octanol–water partition coefficient (Wildman–Crippen LogP) is 3.62. The first-order valence-electron chi connectivity index (χ1n) is 9.13. The van der Waals surface area contributed by atoms with Gasteiger partial charge in [0.25, 0.3) is 0 Å². The van der Waals surface area contributed by atoms with E-state index in [1.54, 1.807) is 12.0 Å². The highest BCUT2D eigenvalue weighted by Crippen LogP contribution is 2.23. The summed E-state index contributed by atoms with van der Waals surface area (Å²) >= 11 is 0. The highest BCUT2D eigenvalue weighted by molar-refractivity contribution is 5.96. The fourth-order valence-corrected chi connectivity index (χ4v) is 2.96. The quantitative estimate of drug-likeness (QED) is 0.723. The van der Waals surface area contributed by atoms with Crippen LogP contribution in [0.3, 0.4) is 0 Å². The lowest BCUT2D eigenvalue weighted by molar-refractivity contribution is -0.117. The lowest BCUT2D eigenvalue weighted by atomic mass is 10.2. The molecule has 1 aliphatic heterocycles. The maximum absolute atomic E-state index is 12.1. The second-order valence-electron chi connectivity index (χ2n) is 6.37. The molecule has 2 amide bonds. The first-order valence-corrected chi connectivity index (χ1v) is 9.13. The Labute approximate surface area is 159 Å². The second kappa shape index (κ2) is 9.07. The third kappa shape index (κ3) is 5.23. The van der Waals surface area contributed by atoms with Crippen molar-refractivity contribution in [1.82, 2.24) is 0 Å². The monoisotopic (exact) mass is 368 g/mol. The first kappa shape index (κ1) is 18.8. The maximum Gasteiger partial charge on any atom is 0.227 e. The van der Waals surface area contributed by atoms with E-state index < -0.39 is 0 Å². The Morgan fingerprint density at radius 2 is 1.78 bits per heavy atom. The Bertz CT molecular complexity index is 772. The average molecular weight is 368 g/mol. The van der Waals surface area contributed by atoms with Crippen molar-refractivity contribution in [3.05, 3.63) is 48.5 Å². The van der Waals surface area contributed by atoms with Gasteiger partial charge in [0, 0.05) is 30.8 Å². The van der Waals surface area contributed by atoms with Crippen LogP contribution in [0.2, 0.25) is 0 Å². The third-order valence-corrected chi connectivity index (χ3v) is 4.41. The molecule has 27 heavy (non-hydrogen) atoms. The van der Waals surface area contributed by atoms with Crippen molar-refractivity contribution in [1.29, 1.82) is 0 Å².